The third kappa shape index (κ3) is 2.68. The Balaban J connectivity index is 0.000000408. The van der Waals surface area contributed by atoms with Gasteiger partial charge in [-0.25, -0.2) is 0 Å². The first-order valence-electron chi connectivity index (χ1n) is 6.71. The lowest BCUT2D eigenvalue weighted by Crippen LogP contribution is -1.85. The van der Waals surface area contributed by atoms with Gasteiger partial charge >= 0.3 is 0 Å². The van der Waals surface area contributed by atoms with Crippen molar-refractivity contribution in [1.82, 2.24) is 0 Å². The fourth-order valence-corrected chi connectivity index (χ4v) is 2.52. The van der Waals surface area contributed by atoms with Gasteiger partial charge in [0.25, 0.3) is 0 Å². The quantitative estimate of drug-likeness (QED) is 0.500. The zero-order valence-electron chi connectivity index (χ0n) is 11.7. The van der Waals surface area contributed by atoms with E-state index in [9.17, 15) is 0 Å². The van der Waals surface area contributed by atoms with Gasteiger partial charge in [-0.2, -0.15) is 0 Å². The second kappa shape index (κ2) is 6.19. The van der Waals surface area contributed by atoms with E-state index in [-0.39, 0.29) is 0 Å². The van der Waals surface area contributed by atoms with Crippen LogP contribution in [0.5, 0.6) is 0 Å². The Morgan fingerprint density at radius 1 is 0.947 bits per heavy atom. The molecular formula is C19H20. The topological polar surface area (TPSA) is 0 Å². The van der Waals surface area contributed by atoms with E-state index in [1.54, 1.807) is 6.08 Å². The van der Waals surface area contributed by atoms with Crippen molar-refractivity contribution in [3.63, 3.8) is 0 Å². The number of rotatable bonds is 1. The standard InChI is InChI=1S/C16H14.C3H6/c1-2-6-12-8-5-10-15-14-9-4-3-7-13(14)11-16(12)15;1-3-2/h2-10H,11H2,1H3;3H,1H2,2H3. The summed E-state index contributed by atoms with van der Waals surface area (Å²) in [6.07, 6.45) is 7.13. The summed E-state index contributed by atoms with van der Waals surface area (Å²) < 4.78 is 0. The Morgan fingerprint density at radius 3 is 2.37 bits per heavy atom. The Labute approximate surface area is 116 Å². The molecule has 19 heavy (non-hydrogen) atoms. The summed E-state index contributed by atoms with van der Waals surface area (Å²) in [4.78, 5) is 0. The maximum Gasteiger partial charge on any atom is -0.000751 e. The summed E-state index contributed by atoms with van der Waals surface area (Å²) in [5.74, 6) is 0. The average molecular weight is 248 g/mol. The molecule has 0 aromatic heterocycles. The van der Waals surface area contributed by atoms with E-state index in [1.807, 2.05) is 6.92 Å². The van der Waals surface area contributed by atoms with Crippen LogP contribution in [0.2, 0.25) is 0 Å². The average Bonchev–Trinajstić information content (AvgIpc) is 2.80. The smallest absolute Gasteiger partial charge is 0.000751 e. The molecule has 0 spiro atoms. The second-order valence-electron chi connectivity index (χ2n) is 4.62. The molecule has 0 saturated heterocycles. The van der Waals surface area contributed by atoms with E-state index < -0.39 is 0 Å². The van der Waals surface area contributed by atoms with Gasteiger partial charge in [-0.15, -0.1) is 6.58 Å². The molecule has 0 heteroatoms. The maximum absolute atomic E-state index is 3.36. The highest BCUT2D eigenvalue weighted by Gasteiger charge is 2.18. The van der Waals surface area contributed by atoms with Crippen molar-refractivity contribution in [2.24, 2.45) is 0 Å². The van der Waals surface area contributed by atoms with Gasteiger partial charge in [-0.1, -0.05) is 60.7 Å². The van der Waals surface area contributed by atoms with E-state index in [4.69, 9.17) is 0 Å². The van der Waals surface area contributed by atoms with Crippen molar-refractivity contribution in [3.8, 4) is 11.1 Å². The predicted octanol–water partition coefficient (Wildman–Crippen LogP) is 5.48. The van der Waals surface area contributed by atoms with Gasteiger partial charge in [-0.05, 0) is 48.1 Å². The maximum atomic E-state index is 3.36. The van der Waals surface area contributed by atoms with Crippen LogP contribution < -0.4 is 0 Å². The van der Waals surface area contributed by atoms with Crippen LogP contribution in [-0.2, 0) is 6.42 Å². The first-order valence-corrected chi connectivity index (χ1v) is 6.71. The first kappa shape index (κ1) is 13.4. The molecule has 96 valence electrons. The molecule has 0 amide bonds. The number of benzene rings is 2. The van der Waals surface area contributed by atoms with Crippen molar-refractivity contribution < 1.29 is 0 Å². The summed E-state index contributed by atoms with van der Waals surface area (Å²) in [6, 6.07) is 15.3. The molecule has 2 aromatic carbocycles. The molecule has 0 aliphatic heterocycles. The van der Waals surface area contributed by atoms with Crippen LogP contribution in [0.3, 0.4) is 0 Å². The van der Waals surface area contributed by atoms with Gasteiger partial charge < -0.3 is 0 Å². The largest absolute Gasteiger partial charge is 0.103 e. The van der Waals surface area contributed by atoms with Gasteiger partial charge in [-0.3, -0.25) is 0 Å². The van der Waals surface area contributed by atoms with E-state index >= 15 is 0 Å². The van der Waals surface area contributed by atoms with Crippen molar-refractivity contribution >= 4 is 6.08 Å². The fourth-order valence-electron chi connectivity index (χ4n) is 2.52. The zero-order valence-corrected chi connectivity index (χ0v) is 11.7. The van der Waals surface area contributed by atoms with E-state index in [0.717, 1.165) is 6.42 Å². The molecule has 3 rings (SSSR count). The van der Waals surface area contributed by atoms with Crippen LogP contribution in [0.25, 0.3) is 17.2 Å². The van der Waals surface area contributed by atoms with E-state index in [2.05, 4.69) is 68.1 Å². The highest BCUT2D eigenvalue weighted by Crippen LogP contribution is 2.38. The molecule has 0 atom stereocenters. The number of hydrogen-bond acceptors (Lipinski definition) is 0. The Hall–Kier alpha value is -2.08. The minimum atomic E-state index is 1.08. The van der Waals surface area contributed by atoms with Crippen LogP contribution in [0.15, 0.2) is 61.2 Å². The van der Waals surface area contributed by atoms with Gasteiger partial charge in [0.15, 0.2) is 0 Å². The minimum absolute atomic E-state index is 1.08. The lowest BCUT2D eigenvalue weighted by Gasteiger charge is -2.03. The predicted molar refractivity (Wildman–Crippen MR) is 85.3 cm³/mol. The van der Waals surface area contributed by atoms with Crippen LogP contribution in [-0.4, -0.2) is 0 Å². The van der Waals surface area contributed by atoms with Crippen LogP contribution >= 0.6 is 0 Å². The first-order chi connectivity index (χ1) is 9.31. The summed E-state index contributed by atoms with van der Waals surface area (Å²) in [7, 11) is 0. The highest BCUT2D eigenvalue weighted by atomic mass is 14.2. The van der Waals surface area contributed by atoms with Crippen molar-refractivity contribution in [3.05, 3.63) is 77.9 Å². The van der Waals surface area contributed by atoms with Crippen molar-refractivity contribution in [2.75, 3.05) is 0 Å². The highest BCUT2D eigenvalue weighted by molar-refractivity contribution is 5.80. The molecule has 0 fully saturated rings. The van der Waals surface area contributed by atoms with Crippen molar-refractivity contribution in [2.45, 2.75) is 20.3 Å². The molecule has 0 unspecified atom stereocenters. The monoisotopic (exact) mass is 248 g/mol. The Bertz CT molecular complexity index is 603. The second-order valence-corrected chi connectivity index (χ2v) is 4.62. The third-order valence-corrected chi connectivity index (χ3v) is 3.23. The van der Waals surface area contributed by atoms with Crippen LogP contribution in [0, 0.1) is 0 Å². The summed E-state index contributed by atoms with van der Waals surface area (Å²) in [5, 5.41) is 0. The molecule has 0 radical (unpaired) electrons. The molecule has 0 saturated carbocycles. The molecule has 1 aliphatic rings. The minimum Gasteiger partial charge on any atom is -0.103 e. The third-order valence-electron chi connectivity index (χ3n) is 3.23. The number of fused-ring (bicyclic) bond motifs is 3. The molecule has 1 aliphatic carbocycles. The molecule has 0 nitrogen and oxygen atoms in total. The van der Waals surface area contributed by atoms with Crippen LogP contribution in [0.4, 0.5) is 0 Å². The molecule has 0 bridgehead atoms. The molecule has 0 N–H and O–H groups in total. The lowest BCUT2D eigenvalue weighted by atomic mass is 10.0. The van der Waals surface area contributed by atoms with Gasteiger partial charge in [0.2, 0.25) is 0 Å². The summed E-state index contributed by atoms with van der Waals surface area (Å²) in [6.45, 7) is 7.32. The number of allylic oxidation sites excluding steroid dienone is 2. The fraction of sp³-hybridized carbons (Fsp3) is 0.158. The molecular weight excluding hydrogens is 228 g/mol. The SMILES string of the molecule is C=CC.CC=Cc1cccc2c1Cc1ccccc1-2. The van der Waals surface area contributed by atoms with Gasteiger partial charge in [0.05, 0.1) is 0 Å². The Kier molecular flexibility index (Phi) is 4.35. The van der Waals surface area contributed by atoms with E-state index in [0.29, 0.717) is 0 Å². The number of hydrogen-bond donors (Lipinski definition) is 0. The van der Waals surface area contributed by atoms with Crippen LogP contribution in [0.1, 0.15) is 30.5 Å². The zero-order chi connectivity index (χ0) is 13.7. The lowest BCUT2D eigenvalue weighted by molar-refractivity contribution is 1.25. The molecule has 0 heterocycles. The summed E-state index contributed by atoms with van der Waals surface area (Å²) >= 11 is 0. The Morgan fingerprint density at radius 2 is 1.63 bits per heavy atom. The van der Waals surface area contributed by atoms with Gasteiger partial charge in [0, 0.05) is 0 Å². The van der Waals surface area contributed by atoms with Crippen molar-refractivity contribution in [1.29, 1.82) is 0 Å². The van der Waals surface area contributed by atoms with E-state index in [1.165, 1.54) is 27.8 Å². The molecule has 2 aromatic rings. The summed E-state index contributed by atoms with van der Waals surface area (Å²) in [5.41, 5.74) is 7.10. The normalized spacial score (nSPS) is 11.5. The van der Waals surface area contributed by atoms with Gasteiger partial charge in [0.1, 0.15) is 0 Å².